The second kappa shape index (κ2) is 5.72. The lowest BCUT2D eigenvalue weighted by Crippen LogP contribution is -2.37. The number of hydrogen-bond acceptors (Lipinski definition) is 3. The Morgan fingerprint density at radius 1 is 1.05 bits per heavy atom. The van der Waals surface area contributed by atoms with Crippen LogP contribution in [0.3, 0.4) is 0 Å². The number of rotatable bonds is 3. The maximum absolute atomic E-state index is 12.7. The molecule has 1 amide bonds. The lowest BCUT2D eigenvalue weighted by molar-refractivity contribution is -0.131. The van der Waals surface area contributed by atoms with Gasteiger partial charge in [0.1, 0.15) is 0 Å². The summed E-state index contributed by atoms with van der Waals surface area (Å²) in [5.41, 5.74) is 3.08. The van der Waals surface area contributed by atoms with Gasteiger partial charge in [-0.1, -0.05) is 30.3 Å². The zero-order valence-corrected chi connectivity index (χ0v) is 13.0. The third kappa shape index (κ3) is 2.30. The van der Waals surface area contributed by atoms with Gasteiger partial charge in [0.05, 0.1) is 20.1 Å². The fourth-order valence-electron chi connectivity index (χ4n) is 3.00. The highest BCUT2D eigenvalue weighted by Crippen LogP contribution is 2.40. The topological polar surface area (TPSA) is 38.8 Å². The number of fused-ring (bicyclic) bond motifs is 1. The van der Waals surface area contributed by atoms with E-state index in [9.17, 15) is 4.79 Å². The standard InChI is InChI=1S/C18H19NO3/c1-19-11-13-9-15(21-2)16(22-3)10-14(13)17(18(19)20)12-7-5-4-6-8-12/h4-10,17H,11H2,1-3H3. The van der Waals surface area contributed by atoms with Crippen LogP contribution in [-0.4, -0.2) is 32.1 Å². The molecule has 4 nitrogen and oxygen atoms in total. The molecule has 0 radical (unpaired) electrons. The maximum atomic E-state index is 12.7. The Balaban J connectivity index is 2.18. The van der Waals surface area contributed by atoms with E-state index in [0.29, 0.717) is 18.0 Å². The highest BCUT2D eigenvalue weighted by molar-refractivity contribution is 5.89. The number of ether oxygens (including phenoxy) is 2. The third-order valence-electron chi connectivity index (χ3n) is 4.12. The molecule has 1 unspecified atom stereocenters. The SMILES string of the molecule is COc1cc2c(cc1OC)C(c1ccccc1)C(=O)N(C)C2. The molecule has 1 aliphatic heterocycles. The van der Waals surface area contributed by atoms with E-state index in [1.165, 1.54) is 0 Å². The molecule has 4 heteroatoms. The molecule has 22 heavy (non-hydrogen) atoms. The summed E-state index contributed by atoms with van der Waals surface area (Å²) >= 11 is 0. The van der Waals surface area contributed by atoms with E-state index in [1.54, 1.807) is 19.1 Å². The number of benzene rings is 2. The number of likely N-dealkylation sites (N-methyl/N-ethyl adjacent to an activating group) is 1. The second-order valence-electron chi connectivity index (χ2n) is 5.44. The van der Waals surface area contributed by atoms with Crippen LogP contribution in [0.15, 0.2) is 42.5 Å². The van der Waals surface area contributed by atoms with E-state index in [2.05, 4.69) is 0 Å². The number of carbonyl (C=O) groups excluding carboxylic acids is 1. The number of nitrogens with zero attached hydrogens (tertiary/aromatic N) is 1. The molecular formula is C18H19NO3. The molecule has 0 aliphatic carbocycles. The molecule has 0 saturated carbocycles. The monoisotopic (exact) mass is 297 g/mol. The van der Waals surface area contributed by atoms with Crippen molar-refractivity contribution in [3.05, 3.63) is 59.2 Å². The van der Waals surface area contributed by atoms with Gasteiger partial charge in [0, 0.05) is 13.6 Å². The van der Waals surface area contributed by atoms with Crippen molar-refractivity contribution in [3.63, 3.8) is 0 Å². The van der Waals surface area contributed by atoms with Crippen molar-refractivity contribution >= 4 is 5.91 Å². The van der Waals surface area contributed by atoms with Gasteiger partial charge >= 0.3 is 0 Å². The summed E-state index contributed by atoms with van der Waals surface area (Å²) in [6.07, 6.45) is 0. The summed E-state index contributed by atoms with van der Waals surface area (Å²) < 4.78 is 10.8. The Kier molecular flexibility index (Phi) is 3.75. The van der Waals surface area contributed by atoms with Gasteiger partial charge in [-0.3, -0.25) is 4.79 Å². The van der Waals surface area contributed by atoms with E-state index in [1.807, 2.05) is 49.5 Å². The van der Waals surface area contributed by atoms with Crippen LogP contribution in [0, 0.1) is 0 Å². The fourth-order valence-corrected chi connectivity index (χ4v) is 3.00. The molecule has 1 aliphatic rings. The Labute approximate surface area is 130 Å². The minimum absolute atomic E-state index is 0.103. The van der Waals surface area contributed by atoms with Crippen molar-refractivity contribution in [1.82, 2.24) is 4.90 Å². The molecule has 2 aromatic rings. The lowest BCUT2D eigenvalue weighted by atomic mass is 9.84. The molecular weight excluding hydrogens is 278 g/mol. The number of amides is 1. The molecule has 0 aromatic heterocycles. The first-order chi connectivity index (χ1) is 10.7. The largest absolute Gasteiger partial charge is 0.493 e. The molecule has 1 heterocycles. The zero-order valence-electron chi connectivity index (χ0n) is 13.0. The van der Waals surface area contributed by atoms with Crippen LogP contribution in [0.4, 0.5) is 0 Å². The van der Waals surface area contributed by atoms with Gasteiger partial charge in [-0.05, 0) is 28.8 Å². The third-order valence-corrected chi connectivity index (χ3v) is 4.12. The minimum Gasteiger partial charge on any atom is -0.493 e. The number of carbonyl (C=O) groups is 1. The summed E-state index contributed by atoms with van der Waals surface area (Å²) in [4.78, 5) is 14.5. The Hall–Kier alpha value is -2.49. The average molecular weight is 297 g/mol. The molecule has 114 valence electrons. The predicted molar refractivity (Wildman–Crippen MR) is 84.3 cm³/mol. The van der Waals surface area contributed by atoms with Crippen LogP contribution < -0.4 is 9.47 Å². The molecule has 0 N–H and O–H groups in total. The van der Waals surface area contributed by atoms with E-state index in [-0.39, 0.29) is 11.8 Å². The van der Waals surface area contributed by atoms with Crippen LogP contribution in [0.5, 0.6) is 11.5 Å². The minimum atomic E-state index is -0.297. The number of hydrogen-bond donors (Lipinski definition) is 0. The van der Waals surface area contributed by atoms with E-state index < -0.39 is 0 Å². The summed E-state index contributed by atoms with van der Waals surface area (Å²) in [5.74, 6) is 1.15. The first kappa shape index (κ1) is 14.4. The molecule has 0 saturated heterocycles. The predicted octanol–water partition coefficient (Wildman–Crippen LogP) is 2.81. The van der Waals surface area contributed by atoms with Crippen molar-refractivity contribution in [1.29, 1.82) is 0 Å². The Morgan fingerprint density at radius 2 is 1.68 bits per heavy atom. The van der Waals surface area contributed by atoms with Gasteiger partial charge < -0.3 is 14.4 Å². The van der Waals surface area contributed by atoms with Crippen molar-refractivity contribution < 1.29 is 14.3 Å². The van der Waals surface area contributed by atoms with Gasteiger partial charge in [0.25, 0.3) is 0 Å². The van der Waals surface area contributed by atoms with Crippen molar-refractivity contribution in [2.45, 2.75) is 12.5 Å². The van der Waals surface area contributed by atoms with Crippen LogP contribution in [0.2, 0.25) is 0 Å². The van der Waals surface area contributed by atoms with Crippen LogP contribution >= 0.6 is 0 Å². The smallest absolute Gasteiger partial charge is 0.234 e. The molecule has 3 rings (SSSR count). The lowest BCUT2D eigenvalue weighted by Gasteiger charge is -2.32. The average Bonchev–Trinajstić information content (AvgIpc) is 2.55. The highest BCUT2D eigenvalue weighted by Gasteiger charge is 2.33. The molecule has 2 aromatic carbocycles. The molecule has 0 fully saturated rings. The van der Waals surface area contributed by atoms with Crippen molar-refractivity contribution in [3.8, 4) is 11.5 Å². The van der Waals surface area contributed by atoms with Gasteiger partial charge in [0.2, 0.25) is 5.91 Å². The fraction of sp³-hybridized carbons (Fsp3) is 0.278. The normalized spacial score (nSPS) is 17.1. The molecule has 0 bridgehead atoms. The molecule has 1 atom stereocenters. The Bertz CT molecular complexity index is 697. The van der Waals surface area contributed by atoms with Crippen LogP contribution in [0.1, 0.15) is 22.6 Å². The van der Waals surface area contributed by atoms with Gasteiger partial charge in [-0.25, -0.2) is 0 Å². The van der Waals surface area contributed by atoms with E-state index in [4.69, 9.17) is 9.47 Å². The van der Waals surface area contributed by atoms with Gasteiger partial charge in [0.15, 0.2) is 11.5 Å². The zero-order chi connectivity index (χ0) is 15.7. The highest BCUT2D eigenvalue weighted by atomic mass is 16.5. The van der Waals surface area contributed by atoms with Crippen molar-refractivity contribution in [2.24, 2.45) is 0 Å². The first-order valence-corrected chi connectivity index (χ1v) is 7.20. The van der Waals surface area contributed by atoms with Crippen LogP contribution in [0.25, 0.3) is 0 Å². The van der Waals surface area contributed by atoms with Crippen molar-refractivity contribution in [2.75, 3.05) is 21.3 Å². The summed E-state index contributed by atoms with van der Waals surface area (Å²) in [5, 5.41) is 0. The van der Waals surface area contributed by atoms with Crippen LogP contribution in [-0.2, 0) is 11.3 Å². The second-order valence-corrected chi connectivity index (χ2v) is 5.44. The first-order valence-electron chi connectivity index (χ1n) is 7.20. The Morgan fingerprint density at radius 3 is 2.32 bits per heavy atom. The maximum Gasteiger partial charge on any atom is 0.234 e. The van der Waals surface area contributed by atoms with E-state index in [0.717, 1.165) is 16.7 Å². The quantitative estimate of drug-likeness (QED) is 0.874. The summed E-state index contributed by atoms with van der Waals surface area (Å²) in [6, 6.07) is 13.7. The van der Waals surface area contributed by atoms with E-state index >= 15 is 0 Å². The van der Waals surface area contributed by atoms with Gasteiger partial charge in [-0.2, -0.15) is 0 Å². The summed E-state index contributed by atoms with van der Waals surface area (Å²) in [7, 11) is 5.06. The van der Waals surface area contributed by atoms with Gasteiger partial charge in [-0.15, -0.1) is 0 Å². The molecule has 0 spiro atoms. The summed E-state index contributed by atoms with van der Waals surface area (Å²) in [6.45, 7) is 0.581. The number of methoxy groups -OCH3 is 2.